The lowest BCUT2D eigenvalue weighted by Crippen LogP contribution is -2.60. The summed E-state index contributed by atoms with van der Waals surface area (Å²) in [5.74, 6) is -0.324. The minimum Gasteiger partial charge on any atom is -0.272 e. The Morgan fingerprint density at radius 1 is 1.00 bits per heavy atom. The van der Waals surface area contributed by atoms with Gasteiger partial charge in [0.15, 0.2) is 0 Å². The molecular formula is C11H10Br2N2O2. The van der Waals surface area contributed by atoms with Crippen LogP contribution in [0.2, 0.25) is 0 Å². The molecule has 1 aliphatic rings. The molecule has 2 rings (SSSR count). The third-order valence-electron chi connectivity index (χ3n) is 2.56. The third-order valence-corrected chi connectivity index (χ3v) is 5.11. The van der Waals surface area contributed by atoms with E-state index < -0.39 is 9.65 Å². The monoisotopic (exact) mass is 360 g/mol. The molecule has 1 aromatic carbocycles. The van der Waals surface area contributed by atoms with E-state index in [1.54, 1.807) is 19.2 Å². The van der Waals surface area contributed by atoms with Crippen LogP contribution < -0.4 is 5.01 Å². The van der Waals surface area contributed by atoms with E-state index >= 15 is 0 Å². The highest BCUT2D eigenvalue weighted by Crippen LogP contribution is 2.28. The Kier molecular flexibility index (Phi) is 3.53. The van der Waals surface area contributed by atoms with Gasteiger partial charge in [0.05, 0.1) is 5.69 Å². The molecule has 0 aliphatic carbocycles. The molecule has 2 unspecified atom stereocenters. The van der Waals surface area contributed by atoms with Crippen molar-refractivity contribution in [3.63, 3.8) is 0 Å². The summed E-state index contributed by atoms with van der Waals surface area (Å²) in [6, 6.07) is 9.08. The van der Waals surface area contributed by atoms with Gasteiger partial charge in [-0.2, -0.15) is 0 Å². The molecule has 2 amide bonds. The van der Waals surface area contributed by atoms with Gasteiger partial charge < -0.3 is 0 Å². The molecule has 1 saturated heterocycles. The average molecular weight is 362 g/mol. The second-order valence-corrected chi connectivity index (χ2v) is 5.62. The van der Waals surface area contributed by atoms with Crippen LogP contribution in [0, 0.1) is 0 Å². The number of carbonyl (C=O) groups excluding carboxylic acids is 2. The molecule has 1 aliphatic heterocycles. The summed E-state index contributed by atoms with van der Waals surface area (Å²) in [7, 11) is 1.58. The van der Waals surface area contributed by atoms with Crippen LogP contribution in [0.25, 0.3) is 0 Å². The van der Waals surface area contributed by atoms with Gasteiger partial charge >= 0.3 is 0 Å². The molecule has 0 spiro atoms. The van der Waals surface area contributed by atoms with Crippen LogP contribution in [-0.4, -0.2) is 33.5 Å². The number of hydrogen-bond donors (Lipinski definition) is 0. The largest absolute Gasteiger partial charge is 0.272 e. The highest BCUT2D eigenvalue weighted by atomic mass is 79.9. The number of hydrogen-bond acceptors (Lipinski definition) is 2. The second kappa shape index (κ2) is 4.78. The molecule has 2 atom stereocenters. The van der Waals surface area contributed by atoms with Crippen LogP contribution in [0.5, 0.6) is 0 Å². The fourth-order valence-electron chi connectivity index (χ4n) is 1.66. The molecule has 0 saturated carbocycles. The lowest BCUT2D eigenvalue weighted by molar-refractivity contribution is -0.139. The molecular weight excluding hydrogens is 352 g/mol. The van der Waals surface area contributed by atoms with Gasteiger partial charge in [-0.3, -0.25) is 9.59 Å². The third kappa shape index (κ3) is 2.11. The smallest absolute Gasteiger partial charge is 0.261 e. The minimum absolute atomic E-state index is 0.157. The van der Waals surface area contributed by atoms with Gasteiger partial charge in [0.25, 0.3) is 11.8 Å². The quantitative estimate of drug-likeness (QED) is 0.717. The first-order valence-corrected chi connectivity index (χ1v) is 6.82. The molecule has 17 heavy (non-hydrogen) atoms. The van der Waals surface area contributed by atoms with Gasteiger partial charge in [0.1, 0.15) is 9.65 Å². The molecule has 0 radical (unpaired) electrons. The van der Waals surface area contributed by atoms with Crippen LogP contribution in [-0.2, 0) is 9.59 Å². The topological polar surface area (TPSA) is 40.6 Å². The Balaban J connectivity index is 2.40. The molecule has 4 nitrogen and oxygen atoms in total. The van der Waals surface area contributed by atoms with Gasteiger partial charge in [-0.15, -0.1) is 0 Å². The predicted molar refractivity (Wildman–Crippen MR) is 72.1 cm³/mol. The summed E-state index contributed by atoms with van der Waals surface area (Å²) in [6.07, 6.45) is 0. The maximum absolute atomic E-state index is 12.1. The number of anilines is 1. The van der Waals surface area contributed by atoms with Crippen molar-refractivity contribution in [3.05, 3.63) is 30.3 Å². The molecule has 6 heteroatoms. The summed E-state index contributed by atoms with van der Waals surface area (Å²) >= 11 is 6.45. The van der Waals surface area contributed by atoms with Crippen molar-refractivity contribution in [3.8, 4) is 0 Å². The van der Waals surface area contributed by atoms with E-state index in [1.807, 2.05) is 18.2 Å². The Morgan fingerprint density at radius 2 is 1.53 bits per heavy atom. The molecule has 1 fully saturated rings. The lowest BCUT2D eigenvalue weighted by Gasteiger charge is -2.39. The van der Waals surface area contributed by atoms with E-state index in [9.17, 15) is 9.59 Å². The van der Waals surface area contributed by atoms with Gasteiger partial charge in [0, 0.05) is 7.05 Å². The number of carbonyl (C=O) groups is 2. The van der Waals surface area contributed by atoms with Crippen molar-refractivity contribution in [2.75, 3.05) is 12.1 Å². The van der Waals surface area contributed by atoms with E-state index in [0.29, 0.717) is 5.69 Å². The van der Waals surface area contributed by atoms with Gasteiger partial charge in [-0.25, -0.2) is 10.0 Å². The normalized spacial score (nSPS) is 25.4. The fraction of sp³-hybridized carbons (Fsp3) is 0.273. The zero-order valence-electron chi connectivity index (χ0n) is 9.01. The van der Waals surface area contributed by atoms with Crippen LogP contribution >= 0.6 is 31.9 Å². The Morgan fingerprint density at radius 3 is 2.12 bits per heavy atom. The van der Waals surface area contributed by atoms with E-state index in [1.165, 1.54) is 10.0 Å². The summed E-state index contributed by atoms with van der Waals surface area (Å²) in [4.78, 5) is 23.0. The minimum atomic E-state index is -0.550. The van der Waals surface area contributed by atoms with Gasteiger partial charge in [-0.1, -0.05) is 50.1 Å². The van der Waals surface area contributed by atoms with Crippen molar-refractivity contribution in [1.29, 1.82) is 0 Å². The van der Waals surface area contributed by atoms with Crippen molar-refractivity contribution in [1.82, 2.24) is 5.01 Å². The molecule has 1 aromatic rings. The van der Waals surface area contributed by atoms with Crippen LogP contribution in [0.3, 0.4) is 0 Å². The van der Waals surface area contributed by atoms with Crippen molar-refractivity contribution in [2.45, 2.75) is 9.65 Å². The maximum Gasteiger partial charge on any atom is 0.261 e. The first kappa shape index (κ1) is 12.6. The first-order valence-electron chi connectivity index (χ1n) is 4.98. The highest BCUT2D eigenvalue weighted by molar-refractivity contribution is 9.12. The number of amides is 2. The zero-order chi connectivity index (χ0) is 12.6. The fourth-order valence-corrected chi connectivity index (χ4v) is 2.60. The van der Waals surface area contributed by atoms with E-state index in [0.717, 1.165) is 0 Å². The number of benzene rings is 1. The molecule has 0 aromatic heterocycles. The SMILES string of the molecule is CN1C(=O)C(Br)C(Br)C(=O)N1c1ccccc1. The van der Waals surface area contributed by atoms with Crippen molar-refractivity contribution in [2.24, 2.45) is 0 Å². The van der Waals surface area contributed by atoms with Crippen molar-refractivity contribution >= 4 is 49.4 Å². The Labute approximate surface area is 116 Å². The van der Waals surface area contributed by atoms with Crippen LogP contribution in [0.15, 0.2) is 30.3 Å². The number of alkyl halides is 2. The number of halogens is 2. The summed E-state index contributed by atoms with van der Waals surface area (Å²) in [5.41, 5.74) is 0.678. The van der Waals surface area contributed by atoms with E-state index in [2.05, 4.69) is 31.9 Å². The van der Waals surface area contributed by atoms with E-state index in [-0.39, 0.29) is 11.8 Å². The van der Waals surface area contributed by atoms with Gasteiger partial charge in [0.2, 0.25) is 0 Å². The molecule has 90 valence electrons. The molecule has 0 bridgehead atoms. The predicted octanol–water partition coefficient (Wildman–Crippen LogP) is 1.93. The standard InChI is InChI=1S/C11H10Br2N2O2/c1-14-10(16)8(12)9(13)11(17)15(14)7-5-3-2-4-6-7/h2-6,8-9H,1H3. The molecule has 0 N–H and O–H groups in total. The lowest BCUT2D eigenvalue weighted by atomic mass is 10.2. The summed E-state index contributed by atoms with van der Waals surface area (Å²) < 4.78 is 0. The summed E-state index contributed by atoms with van der Waals surface area (Å²) in [5, 5.41) is 2.70. The highest BCUT2D eigenvalue weighted by Gasteiger charge is 2.43. The molecule has 1 heterocycles. The Hall–Kier alpha value is -0.880. The van der Waals surface area contributed by atoms with Crippen LogP contribution in [0.1, 0.15) is 0 Å². The van der Waals surface area contributed by atoms with Gasteiger partial charge in [-0.05, 0) is 12.1 Å². The summed E-state index contributed by atoms with van der Waals surface area (Å²) in [6.45, 7) is 0. The van der Waals surface area contributed by atoms with Crippen molar-refractivity contribution < 1.29 is 9.59 Å². The zero-order valence-corrected chi connectivity index (χ0v) is 12.2. The maximum atomic E-state index is 12.1. The number of para-hydroxylation sites is 1. The number of nitrogens with zero attached hydrogens (tertiary/aromatic N) is 2. The second-order valence-electron chi connectivity index (χ2n) is 3.65. The number of rotatable bonds is 1. The van der Waals surface area contributed by atoms with Crippen LogP contribution in [0.4, 0.5) is 5.69 Å². The number of hydrazine groups is 1. The average Bonchev–Trinajstić information content (AvgIpc) is 2.36. The first-order chi connectivity index (χ1) is 8.04. The Bertz CT molecular complexity index is 452. The van der Waals surface area contributed by atoms with E-state index in [4.69, 9.17) is 0 Å².